The zero-order valence-corrected chi connectivity index (χ0v) is 13.6. The van der Waals surface area contributed by atoms with E-state index in [1.807, 2.05) is 6.92 Å². The summed E-state index contributed by atoms with van der Waals surface area (Å²) in [5.41, 5.74) is -1.99. The molecule has 1 N–H and O–H groups in total. The summed E-state index contributed by atoms with van der Waals surface area (Å²) in [6.45, 7) is 1.86. The first-order valence-corrected chi connectivity index (χ1v) is 8.12. The molecule has 1 aliphatic carbocycles. The molecule has 2 saturated heterocycles. The van der Waals surface area contributed by atoms with Crippen molar-refractivity contribution >= 4 is 17.6 Å². The van der Waals surface area contributed by atoms with Crippen LogP contribution in [0.1, 0.15) is 24.5 Å². The van der Waals surface area contributed by atoms with Crippen LogP contribution in [0.15, 0.2) is 18.2 Å². The lowest BCUT2D eigenvalue weighted by atomic mass is 9.93. The summed E-state index contributed by atoms with van der Waals surface area (Å²) < 4.78 is 39.5. The van der Waals surface area contributed by atoms with E-state index in [2.05, 4.69) is 0 Å². The molecule has 0 aromatic heterocycles. The second kappa shape index (κ2) is 5.20. The Morgan fingerprint density at radius 1 is 1.31 bits per heavy atom. The number of nitriles is 1. The molecule has 3 fully saturated rings. The van der Waals surface area contributed by atoms with Crippen LogP contribution in [0, 0.1) is 23.2 Å². The highest BCUT2D eigenvalue weighted by atomic mass is 19.4. The summed E-state index contributed by atoms with van der Waals surface area (Å²) in [7, 11) is 0. The van der Waals surface area contributed by atoms with Gasteiger partial charge in [0.1, 0.15) is 6.04 Å². The topological polar surface area (TPSA) is 84.6 Å². The van der Waals surface area contributed by atoms with Gasteiger partial charge in [-0.15, -0.1) is 0 Å². The number of nitrogens with zero attached hydrogens (tertiary/aromatic N) is 3. The van der Waals surface area contributed by atoms with Crippen molar-refractivity contribution in [1.82, 2.24) is 4.90 Å². The van der Waals surface area contributed by atoms with E-state index in [-0.39, 0.29) is 17.5 Å². The molecule has 1 aromatic carbocycles. The monoisotopic (exact) mass is 365 g/mol. The second-order valence-corrected chi connectivity index (χ2v) is 6.96. The lowest BCUT2D eigenvalue weighted by Gasteiger charge is -2.30. The Morgan fingerprint density at radius 3 is 2.62 bits per heavy atom. The van der Waals surface area contributed by atoms with Gasteiger partial charge in [-0.3, -0.25) is 4.79 Å². The molecule has 2 aliphatic heterocycles. The third-order valence-electron chi connectivity index (χ3n) is 5.72. The van der Waals surface area contributed by atoms with Crippen molar-refractivity contribution in [2.45, 2.75) is 37.7 Å². The first-order chi connectivity index (χ1) is 12.2. The minimum Gasteiger partial charge on any atom is -0.391 e. The van der Waals surface area contributed by atoms with E-state index in [0.717, 1.165) is 17.0 Å². The van der Waals surface area contributed by atoms with E-state index in [1.54, 1.807) is 0 Å². The molecule has 0 radical (unpaired) electrons. The zero-order valence-electron chi connectivity index (χ0n) is 13.6. The fourth-order valence-electron chi connectivity index (χ4n) is 4.62. The van der Waals surface area contributed by atoms with E-state index in [9.17, 15) is 27.9 Å². The number of imide groups is 1. The summed E-state index contributed by atoms with van der Waals surface area (Å²) in [5, 5.41) is 19.0. The number of carbonyl (C=O) groups is 2. The number of halogens is 3. The van der Waals surface area contributed by atoms with Crippen molar-refractivity contribution in [3.05, 3.63) is 29.3 Å². The summed E-state index contributed by atoms with van der Waals surface area (Å²) in [6, 6.07) is 2.24. The number of benzene rings is 1. The van der Waals surface area contributed by atoms with Gasteiger partial charge in [0.15, 0.2) is 0 Å². The van der Waals surface area contributed by atoms with Gasteiger partial charge in [-0.25, -0.2) is 9.69 Å². The molecule has 0 spiro atoms. The van der Waals surface area contributed by atoms with E-state index < -0.39 is 47.4 Å². The molecule has 2 heterocycles. The van der Waals surface area contributed by atoms with Crippen molar-refractivity contribution in [3.63, 3.8) is 0 Å². The maximum Gasteiger partial charge on any atom is 0.417 e. The highest BCUT2D eigenvalue weighted by Crippen LogP contribution is 2.51. The van der Waals surface area contributed by atoms with Gasteiger partial charge in [0.2, 0.25) is 0 Å². The van der Waals surface area contributed by atoms with Crippen molar-refractivity contribution < 1.29 is 27.9 Å². The number of aliphatic hydroxyl groups excluding tert-OH is 1. The van der Waals surface area contributed by atoms with Gasteiger partial charge >= 0.3 is 12.2 Å². The Bertz CT molecular complexity index is 863. The van der Waals surface area contributed by atoms with Crippen LogP contribution in [0.25, 0.3) is 0 Å². The van der Waals surface area contributed by atoms with Gasteiger partial charge in [0, 0.05) is 0 Å². The minimum absolute atomic E-state index is 0.0447. The van der Waals surface area contributed by atoms with Gasteiger partial charge in [-0.1, -0.05) is 6.92 Å². The number of rotatable bonds is 1. The Kier molecular flexibility index (Phi) is 3.37. The SMILES string of the molecule is C[C@H]1C2C[C@H](O)C1N1C(=O)N(c3ccc(C#N)c(C(F)(F)F)c3)C(=O)[C@@H]21. The summed E-state index contributed by atoms with van der Waals surface area (Å²) >= 11 is 0. The van der Waals surface area contributed by atoms with Crippen LogP contribution >= 0.6 is 0 Å². The lowest BCUT2D eigenvalue weighted by molar-refractivity contribution is -0.137. The molecule has 4 rings (SSSR count). The van der Waals surface area contributed by atoms with Crippen LogP contribution in [0.5, 0.6) is 0 Å². The van der Waals surface area contributed by atoms with E-state index >= 15 is 0 Å². The number of piperidine rings is 1. The van der Waals surface area contributed by atoms with Crippen molar-refractivity contribution in [1.29, 1.82) is 5.26 Å². The van der Waals surface area contributed by atoms with Crippen LogP contribution in [0.2, 0.25) is 0 Å². The molecule has 1 saturated carbocycles. The number of anilines is 1. The molecule has 26 heavy (non-hydrogen) atoms. The van der Waals surface area contributed by atoms with Crippen LogP contribution in [0.3, 0.4) is 0 Å². The molecular formula is C17H14F3N3O3. The fourth-order valence-corrected chi connectivity index (χ4v) is 4.62. The summed E-state index contributed by atoms with van der Waals surface area (Å²) in [6.07, 6.45) is -5.14. The maximum atomic E-state index is 13.2. The molecule has 1 aromatic rings. The number of hydrogen-bond donors (Lipinski definition) is 1. The molecule has 136 valence electrons. The van der Waals surface area contributed by atoms with Gasteiger partial charge in [0.05, 0.1) is 35.0 Å². The molecule has 5 atom stereocenters. The number of carbonyl (C=O) groups excluding carboxylic acids is 2. The number of hydrogen-bond acceptors (Lipinski definition) is 4. The molecule has 2 unspecified atom stereocenters. The fraction of sp³-hybridized carbons (Fsp3) is 0.471. The van der Waals surface area contributed by atoms with Crippen LogP contribution in [0.4, 0.5) is 23.7 Å². The number of urea groups is 1. The van der Waals surface area contributed by atoms with Gasteiger partial charge in [-0.2, -0.15) is 18.4 Å². The Labute approximate surface area is 146 Å². The summed E-state index contributed by atoms with van der Waals surface area (Å²) in [5.74, 6) is -0.840. The minimum atomic E-state index is -4.78. The van der Waals surface area contributed by atoms with Gasteiger partial charge in [-0.05, 0) is 36.5 Å². The first-order valence-electron chi connectivity index (χ1n) is 8.12. The van der Waals surface area contributed by atoms with Crippen LogP contribution < -0.4 is 4.90 Å². The second-order valence-electron chi connectivity index (χ2n) is 6.96. The first kappa shape index (κ1) is 16.8. The number of alkyl halides is 3. The molecule has 3 amide bonds. The smallest absolute Gasteiger partial charge is 0.391 e. The molecular weight excluding hydrogens is 351 g/mol. The average Bonchev–Trinajstić information content (AvgIpc) is 3.11. The third-order valence-corrected chi connectivity index (χ3v) is 5.72. The van der Waals surface area contributed by atoms with Crippen molar-refractivity contribution in [2.24, 2.45) is 11.8 Å². The van der Waals surface area contributed by atoms with Gasteiger partial charge in [0.25, 0.3) is 5.91 Å². The maximum absolute atomic E-state index is 13.2. The normalized spacial score (nSPS) is 33.0. The van der Waals surface area contributed by atoms with Crippen molar-refractivity contribution in [3.8, 4) is 6.07 Å². The average molecular weight is 365 g/mol. The van der Waals surface area contributed by atoms with Crippen LogP contribution in [-0.4, -0.2) is 40.1 Å². The molecule has 6 nitrogen and oxygen atoms in total. The van der Waals surface area contributed by atoms with E-state index in [0.29, 0.717) is 12.5 Å². The highest BCUT2D eigenvalue weighted by Gasteiger charge is 2.65. The standard InChI is InChI=1S/C17H14F3N3O3/c1-7-10-5-12(24)13(7)23-14(10)15(25)22(16(23)26)9-3-2-8(6-21)11(4-9)17(18,19)20/h2-4,7,10,12-14,24H,5H2,1H3/t7-,10?,12-,13?,14+/m0/s1. The largest absolute Gasteiger partial charge is 0.417 e. The number of fused-ring (bicyclic) bond motifs is 5. The molecule has 9 heteroatoms. The zero-order chi connectivity index (χ0) is 19.0. The van der Waals surface area contributed by atoms with E-state index in [4.69, 9.17) is 5.26 Å². The van der Waals surface area contributed by atoms with Crippen molar-refractivity contribution in [2.75, 3.05) is 4.90 Å². The molecule has 3 aliphatic rings. The molecule has 2 bridgehead atoms. The summed E-state index contributed by atoms with van der Waals surface area (Å²) in [4.78, 5) is 27.6. The highest BCUT2D eigenvalue weighted by molar-refractivity contribution is 6.22. The number of amides is 3. The predicted octanol–water partition coefficient (Wildman–Crippen LogP) is 2.11. The Morgan fingerprint density at radius 2 is 2.00 bits per heavy atom. The lowest BCUT2D eigenvalue weighted by Crippen LogP contribution is -2.47. The predicted molar refractivity (Wildman–Crippen MR) is 81.7 cm³/mol. The Balaban J connectivity index is 1.76. The van der Waals surface area contributed by atoms with E-state index in [1.165, 1.54) is 11.0 Å². The van der Waals surface area contributed by atoms with Gasteiger partial charge < -0.3 is 10.0 Å². The Hall–Kier alpha value is -2.60. The number of aliphatic hydroxyl groups is 1. The third kappa shape index (κ3) is 2.02. The van der Waals surface area contributed by atoms with Crippen LogP contribution in [-0.2, 0) is 11.0 Å². The quantitative estimate of drug-likeness (QED) is 0.773.